The smallest absolute Gasteiger partial charge is 0.335 e. The molecule has 3 aliphatic rings. The average molecular weight is 302 g/mol. The maximum absolute atomic E-state index is 11.5. The molecule has 0 saturated heterocycles. The highest BCUT2D eigenvalue weighted by Gasteiger charge is 2.68. The van der Waals surface area contributed by atoms with Crippen molar-refractivity contribution in [2.45, 2.75) is 52.6 Å². The van der Waals surface area contributed by atoms with Gasteiger partial charge in [-0.15, -0.1) is 0 Å². The van der Waals surface area contributed by atoms with E-state index in [0.29, 0.717) is 5.92 Å². The topological polar surface area (TPSA) is 57.5 Å². The van der Waals surface area contributed by atoms with E-state index in [9.17, 15) is 9.90 Å². The van der Waals surface area contributed by atoms with Crippen molar-refractivity contribution in [1.82, 2.24) is 0 Å². The van der Waals surface area contributed by atoms with Crippen molar-refractivity contribution in [2.75, 3.05) is 0 Å². The van der Waals surface area contributed by atoms with Gasteiger partial charge in [0.1, 0.15) is 0 Å². The summed E-state index contributed by atoms with van der Waals surface area (Å²) in [6, 6.07) is 6.83. The van der Waals surface area contributed by atoms with Gasteiger partial charge < -0.3 is 10.2 Å². The number of fused-ring (bicyclic) bond motifs is 2. The first-order valence-electron chi connectivity index (χ1n) is 8.16. The number of carboxylic acids is 1. The number of benzene rings is 1. The summed E-state index contributed by atoms with van der Waals surface area (Å²) < 4.78 is 0. The van der Waals surface area contributed by atoms with Gasteiger partial charge in [-0.25, -0.2) is 4.79 Å². The van der Waals surface area contributed by atoms with Gasteiger partial charge in [0.25, 0.3) is 0 Å². The van der Waals surface area contributed by atoms with Gasteiger partial charge in [0.05, 0.1) is 11.2 Å². The third kappa shape index (κ3) is 1.95. The van der Waals surface area contributed by atoms with Gasteiger partial charge in [0.2, 0.25) is 0 Å². The summed E-state index contributed by atoms with van der Waals surface area (Å²) in [5.41, 5.74) is 0.436. The van der Waals surface area contributed by atoms with E-state index in [-0.39, 0.29) is 22.3 Å². The fourth-order valence-corrected chi connectivity index (χ4v) is 4.97. The molecular weight excluding hydrogens is 276 g/mol. The predicted molar refractivity (Wildman–Crippen MR) is 85.7 cm³/mol. The van der Waals surface area contributed by atoms with Crippen molar-refractivity contribution in [2.24, 2.45) is 22.7 Å². The molecule has 3 aliphatic carbocycles. The van der Waals surface area contributed by atoms with Crippen molar-refractivity contribution in [3.8, 4) is 0 Å². The normalized spacial score (nSPS) is 37.5. The molecule has 120 valence electrons. The van der Waals surface area contributed by atoms with E-state index in [1.165, 1.54) is 6.42 Å². The average Bonchev–Trinajstić information content (AvgIpc) is 2.45. The number of aromatic carboxylic acids is 1. The van der Waals surface area contributed by atoms with Gasteiger partial charge in [-0.2, -0.15) is 0 Å². The SMILES string of the molecule is CC(C)(C)[C@@H]1CC[C@]2(C)C[C@@H]1[C@]2(O)c1ccc(C(=O)O)cc1. The Balaban J connectivity index is 1.99. The summed E-state index contributed by atoms with van der Waals surface area (Å²) in [4.78, 5) is 11.0. The highest BCUT2D eigenvalue weighted by Crippen LogP contribution is 2.70. The molecule has 0 unspecified atom stereocenters. The number of hydrogen-bond donors (Lipinski definition) is 2. The van der Waals surface area contributed by atoms with Crippen LogP contribution in [0.15, 0.2) is 24.3 Å². The molecule has 0 spiro atoms. The Kier molecular flexibility index (Phi) is 3.23. The number of hydrogen-bond acceptors (Lipinski definition) is 2. The second-order valence-corrected chi connectivity index (χ2v) is 8.53. The fraction of sp³-hybridized carbons (Fsp3) is 0.632. The van der Waals surface area contributed by atoms with Crippen molar-refractivity contribution in [1.29, 1.82) is 0 Å². The van der Waals surface area contributed by atoms with Crippen molar-refractivity contribution in [3.63, 3.8) is 0 Å². The lowest BCUT2D eigenvalue weighted by atomic mass is 9.38. The third-order valence-electron chi connectivity index (χ3n) is 6.30. The first-order valence-corrected chi connectivity index (χ1v) is 8.16. The van der Waals surface area contributed by atoms with E-state index in [0.717, 1.165) is 18.4 Å². The zero-order valence-corrected chi connectivity index (χ0v) is 13.9. The maximum Gasteiger partial charge on any atom is 0.335 e. The van der Waals surface area contributed by atoms with Crippen molar-refractivity contribution in [3.05, 3.63) is 35.4 Å². The zero-order valence-electron chi connectivity index (χ0n) is 13.9. The van der Waals surface area contributed by atoms with Crippen LogP contribution in [0, 0.1) is 22.7 Å². The molecule has 1 aromatic rings. The van der Waals surface area contributed by atoms with Crippen LogP contribution in [-0.2, 0) is 5.60 Å². The van der Waals surface area contributed by atoms with Gasteiger partial charge in [-0.1, -0.05) is 39.8 Å². The van der Waals surface area contributed by atoms with Crippen LogP contribution in [0.5, 0.6) is 0 Å². The maximum atomic E-state index is 11.5. The third-order valence-corrected chi connectivity index (χ3v) is 6.30. The van der Waals surface area contributed by atoms with Crippen molar-refractivity contribution < 1.29 is 15.0 Å². The Bertz CT molecular complexity index is 594. The molecule has 3 heteroatoms. The minimum Gasteiger partial charge on any atom is -0.478 e. The van der Waals surface area contributed by atoms with Crippen LogP contribution in [0.3, 0.4) is 0 Å². The minimum atomic E-state index is -0.925. The molecule has 4 atom stereocenters. The van der Waals surface area contributed by atoms with E-state index in [1.54, 1.807) is 24.3 Å². The summed E-state index contributed by atoms with van der Waals surface area (Å²) in [6.45, 7) is 8.94. The van der Waals surface area contributed by atoms with E-state index < -0.39 is 11.6 Å². The van der Waals surface area contributed by atoms with Crippen LogP contribution >= 0.6 is 0 Å². The lowest BCUT2D eigenvalue weighted by molar-refractivity contribution is -0.277. The number of aliphatic hydroxyl groups is 1. The standard InChI is InChI=1S/C19H26O3/c1-17(2,3)14-9-10-18(4)11-15(14)19(18,22)13-7-5-12(6-8-13)16(20)21/h5-8,14-15,22H,9-11H2,1-4H3,(H,20,21)/t14-,15+,18-,19-/m1/s1. The molecule has 22 heavy (non-hydrogen) atoms. The highest BCUT2D eigenvalue weighted by molar-refractivity contribution is 5.87. The van der Waals surface area contributed by atoms with Crippen LogP contribution in [0.25, 0.3) is 0 Å². The Hall–Kier alpha value is -1.35. The van der Waals surface area contributed by atoms with Crippen LogP contribution < -0.4 is 0 Å². The molecule has 0 aliphatic heterocycles. The monoisotopic (exact) mass is 302 g/mol. The van der Waals surface area contributed by atoms with Crippen LogP contribution in [0.1, 0.15) is 62.9 Å². The van der Waals surface area contributed by atoms with Gasteiger partial charge >= 0.3 is 5.97 Å². The summed E-state index contributed by atoms with van der Waals surface area (Å²) >= 11 is 0. The molecule has 0 amide bonds. The minimum absolute atomic E-state index is 0.0792. The molecule has 2 N–H and O–H groups in total. The Morgan fingerprint density at radius 1 is 1.23 bits per heavy atom. The molecule has 0 radical (unpaired) electrons. The van der Waals surface area contributed by atoms with Crippen molar-refractivity contribution >= 4 is 5.97 Å². The van der Waals surface area contributed by atoms with Gasteiger partial charge in [0.15, 0.2) is 0 Å². The van der Waals surface area contributed by atoms with Gasteiger partial charge in [-0.3, -0.25) is 0 Å². The van der Waals surface area contributed by atoms with Crippen LogP contribution in [0.4, 0.5) is 0 Å². The summed E-state index contributed by atoms with van der Waals surface area (Å²) in [5, 5.41) is 20.6. The van der Waals surface area contributed by atoms with E-state index in [4.69, 9.17) is 5.11 Å². The number of carbonyl (C=O) groups is 1. The quantitative estimate of drug-likeness (QED) is 0.866. The molecule has 0 aromatic heterocycles. The van der Waals surface area contributed by atoms with E-state index in [1.807, 2.05) is 0 Å². The fourth-order valence-electron chi connectivity index (χ4n) is 4.97. The van der Waals surface area contributed by atoms with E-state index in [2.05, 4.69) is 27.7 Å². The molecular formula is C19H26O3. The molecule has 3 fully saturated rings. The largest absolute Gasteiger partial charge is 0.478 e. The van der Waals surface area contributed by atoms with Crippen LogP contribution in [-0.4, -0.2) is 16.2 Å². The first kappa shape index (κ1) is 15.5. The number of carboxylic acid groups (broad SMARTS) is 1. The van der Waals surface area contributed by atoms with Gasteiger partial charge in [0, 0.05) is 5.41 Å². The molecule has 0 heterocycles. The summed E-state index contributed by atoms with van der Waals surface area (Å²) in [5.74, 6) is -0.161. The molecule has 3 nitrogen and oxygen atoms in total. The number of rotatable bonds is 2. The summed E-state index contributed by atoms with van der Waals surface area (Å²) in [6.07, 6.45) is 3.26. The predicted octanol–water partition coefficient (Wildman–Crippen LogP) is 4.05. The second-order valence-electron chi connectivity index (χ2n) is 8.53. The summed E-state index contributed by atoms with van der Waals surface area (Å²) in [7, 11) is 0. The van der Waals surface area contributed by atoms with Gasteiger partial charge in [-0.05, 0) is 54.2 Å². The lowest BCUT2D eigenvalue weighted by Gasteiger charge is -2.68. The Morgan fingerprint density at radius 2 is 1.82 bits per heavy atom. The lowest BCUT2D eigenvalue weighted by Crippen LogP contribution is -2.67. The first-order chi connectivity index (χ1) is 10.1. The molecule has 2 bridgehead atoms. The Labute approximate surface area is 132 Å². The zero-order chi connectivity index (χ0) is 16.3. The molecule has 3 saturated carbocycles. The van der Waals surface area contributed by atoms with E-state index >= 15 is 0 Å². The second kappa shape index (κ2) is 4.58. The molecule has 4 rings (SSSR count). The highest BCUT2D eigenvalue weighted by atomic mass is 16.4. The molecule has 1 aromatic carbocycles. The Morgan fingerprint density at radius 3 is 2.27 bits per heavy atom. The van der Waals surface area contributed by atoms with Crippen LogP contribution in [0.2, 0.25) is 0 Å².